The van der Waals surface area contributed by atoms with Crippen LogP contribution in [0.25, 0.3) is 21.5 Å². The summed E-state index contributed by atoms with van der Waals surface area (Å²) in [7, 11) is -1.16. The zero-order valence-corrected chi connectivity index (χ0v) is 22.8. The smallest absolute Gasteiger partial charge is 0.0809 e. The Balaban J connectivity index is 0.000000455. The Kier molecular flexibility index (Phi) is 12.0. The minimum Gasteiger partial charge on any atom is -0.168 e. The molecule has 0 heterocycles. The molecule has 0 spiro atoms. The molecule has 0 bridgehead atoms. The van der Waals surface area contributed by atoms with Gasteiger partial charge in [-0.2, -0.15) is 28.5 Å². The predicted molar refractivity (Wildman–Crippen MR) is 115 cm³/mol. The summed E-state index contributed by atoms with van der Waals surface area (Å²) in [6.07, 6.45) is 0. The first kappa shape index (κ1) is 26.6. The van der Waals surface area contributed by atoms with Gasteiger partial charge in [-0.25, -0.2) is 0 Å². The van der Waals surface area contributed by atoms with Gasteiger partial charge in [0.05, 0.1) is 8.07 Å². The summed E-state index contributed by atoms with van der Waals surface area (Å²) in [4.78, 5) is 0. The van der Waals surface area contributed by atoms with E-state index >= 15 is 0 Å². The number of aryl methyl sites for hydroxylation is 1. The van der Waals surface area contributed by atoms with Gasteiger partial charge in [-0.15, -0.1) is 64.5 Å². The van der Waals surface area contributed by atoms with E-state index in [0.29, 0.717) is 0 Å². The van der Waals surface area contributed by atoms with Crippen LogP contribution >= 0.6 is 0 Å². The van der Waals surface area contributed by atoms with Crippen LogP contribution in [0.15, 0.2) is 72.8 Å². The van der Waals surface area contributed by atoms with Crippen molar-refractivity contribution in [3.05, 3.63) is 78.4 Å². The Morgan fingerprint density at radius 3 is 1.93 bits per heavy atom. The maximum absolute atomic E-state index is 2.41. The number of rotatable bonds is 1. The molecule has 0 saturated carbocycles. The van der Waals surface area contributed by atoms with Gasteiger partial charge in [0.1, 0.15) is 0 Å². The standard InChI is InChI=1S/C13H17Si.C9H7.2ClH.H2Si.Zr/c1-10-12-8-6-5-7-11(12)9-13(10)14(2,3)4;1-2-5-9-7-3-6-8(9)4-1;;;;/h5-9H,1-4H3;1-7H;2*1H;1H2;/q2*-1;;;;+2/p-2. The Morgan fingerprint density at radius 1 is 0.815 bits per heavy atom. The molecule has 0 aliphatic carbocycles. The Hall–Kier alpha value is -0.443. The Bertz CT molecular complexity index is 921. The summed E-state index contributed by atoms with van der Waals surface area (Å²) in [6, 6.07) is 25.8. The molecular formula is C22H26Cl2Si2Zr-2. The number of hydrogen-bond acceptors (Lipinski definition) is 0. The van der Waals surface area contributed by atoms with Crippen LogP contribution in [0.2, 0.25) is 19.6 Å². The minimum atomic E-state index is -1.16. The Morgan fingerprint density at radius 2 is 1.37 bits per heavy atom. The fourth-order valence-corrected chi connectivity index (χ4v) is 5.07. The van der Waals surface area contributed by atoms with Crippen molar-refractivity contribution in [1.82, 2.24) is 0 Å². The summed E-state index contributed by atoms with van der Waals surface area (Å²) >= 11 is 1.58. The van der Waals surface area contributed by atoms with Gasteiger partial charge in [-0.3, -0.25) is 0 Å². The third-order valence-electron chi connectivity index (χ3n) is 4.42. The van der Waals surface area contributed by atoms with E-state index in [1.807, 2.05) is 6.88 Å². The van der Waals surface area contributed by atoms with Crippen LogP contribution < -0.4 is 30.0 Å². The molecule has 0 aromatic heterocycles. The molecule has 0 aliphatic rings. The summed E-state index contributed by atoms with van der Waals surface area (Å²) in [6.45, 7) is 11.4. The summed E-state index contributed by atoms with van der Waals surface area (Å²) in [5, 5.41) is 7.11. The number of hydrogen-bond donors (Lipinski definition) is 0. The fourth-order valence-electron chi connectivity index (χ4n) is 3.22. The van der Waals surface area contributed by atoms with E-state index in [9.17, 15) is 0 Å². The summed E-state index contributed by atoms with van der Waals surface area (Å²) in [5.41, 5.74) is 1.50. The van der Waals surface area contributed by atoms with Crippen molar-refractivity contribution in [2.45, 2.75) is 26.6 Å². The molecule has 0 atom stereocenters. The number of fused-ring (bicyclic) bond motifs is 2. The molecule has 27 heavy (non-hydrogen) atoms. The minimum absolute atomic E-state index is 0. The number of benzene rings is 2. The van der Waals surface area contributed by atoms with Gasteiger partial charge >= 0.3 is 30.2 Å². The molecule has 0 fully saturated rings. The van der Waals surface area contributed by atoms with E-state index in [2.05, 4.69) is 99.4 Å². The monoisotopic (exact) mass is 506 g/mol. The maximum Gasteiger partial charge on any atom is -0.0809 e. The van der Waals surface area contributed by atoms with Crippen molar-refractivity contribution in [1.29, 1.82) is 0 Å². The second kappa shape index (κ2) is 12.2. The van der Waals surface area contributed by atoms with E-state index in [1.165, 1.54) is 27.1 Å². The molecule has 4 aromatic rings. The third-order valence-corrected chi connectivity index (χ3v) is 6.56. The van der Waals surface area contributed by atoms with Crippen molar-refractivity contribution < 1.29 is 48.1 Å². The molecule has 142 valence electrons. The molecule has 0 unspecified atom stereocenters. The average Bonchev–Trinajstić information content (AvgIpc) is 3.22. The average molecular weight is 509 g/mol. The van der Waals surface area contributed by atoms with Crippen molar-refractivity contribution in [2.24, 2.45) is 0 Å². The van der Waals surface area contributed by atoms with Crippen LogP contribution in [0, 0.1) is 6.92 Å². The van der Waals surface area contributed by atoms with Crippen LogP contribution in [-0.4, -0.2) is 15.0 Å². The first-order valence-electron chi connectivity index (χ1n) is 8.58. The first-order chi connectivity index (χ1) is 12.0. The second-order valence-electron chi connectivity index (χ2n) is 7.17. The van der Waals surface area contributed by atoms with Gasteiger partial charge in [0, 0.05) is 0 Å². The van der Waals surface area contributed by atoms with E-state index in [0.717, 1.165) is 0 Å². The maximum atomic E-state index is 2.41. The van der Waals surface area contributed by atoms with E-state index in [4.69, 9.17) is 0 Å². The molecule has 5 heteroatoms. The molecule has 0 amide bonds. The zero-order chi connectivity index (χ0) is 18.4. The van der Waals surface area contributed by atoms with Gasteiger partial charge in [-0.05, 0) is 0 Å². The topological polar surface area (TPSA) is 0 Å². The van der Waals surface area contributed by atoms with Crippen LogP contribution in [0.4, 0.5) is 0 Å². The number of halogens is 2. The molecular weight excluding hydrogens is 483 g/mol. The third kappa shape index (κ3) is 6.83. The van der Waals surface area contributed by atoms with Crippen LogP contribution in [-0.2, 0) is 23.3 Å². The zero-order valence-electron chi connectivity index (χ0n) is 16.4. The molecule has 0 N–H and O–H groups in total. The van der Waals surface area contributed by atoms with Crippen molar-refractivity contribution in [3.8, 4) is 0 Å². The largest absolute Gasteiger partial charge is 0.168 e. The van der Waals surface area contributed by atoms with Crippen molar-refractivity contribution >= 4 is 41.7 Å². The van der Waals surface area contributed by atoms with Crippen LogP contribution in [0.3, 0.4) is 0 Å². The second-order valence-corrected chi connectivity index (χ2v) is 12.2. The van der Waals surface area contributed by atoms with Gasteiger partial charge in [0.2, 0.25) is 0 Å². The van der Waals surface area contributed by atoms with Crippen LogP contribution in [0.1, 0.15) is 5.56 Å². The Labute approximate surface area is 193 Å². The first-order valence-corrected chi connectivity index (χ1v) is 18.0. The molecule has 4 rings (SSSR count). The van der Waals surface area contributed by atoms with Gasteiger partial charge in [0.15, 0.2) is 0 Å². The molecule has 4 aromatic carbocycles. The van der Waals surface area contributed by atoms with E-state index < -0.39 is 8.07 Å². The quantitative estimate of drug-likeness (QED) is 0.230. The van der Waals surface area contributed by atoms with Crippen molar-refractivity contribution in [3.63, 3.8) is 0 Å². The molecule has 0 saturated heterocycles. The van der Waals surface area contributed by atoms with E-state index in [-0.39, 0.29) is 24.8 Å². The normalized spacial score (nSPS) is 10.0. The summed E-state index contributed by atoms with van der Waals surface area (Å²) in [5.74, 6) is 0. The molecule has 0 nitrogen and oxygen atoms in total. The van der Waals surface area contributed by atoms with Gasteiger partial charge in [0.25, 0.3) is 0 Å². The van der Waals surface area contributed by atoms with Gasteiger partial charge in [-0.1, -0.05) is 38.7 Å². The van der Waals surface area contributed by atoms with Crippen molar-refractivity contribution in [2.75, 3.05) is 0 Å². The SMILES string of the molecule is Cc1c([Si](C)(C)C)[cH-]c2ccccc12.[Cl-].[Cl-].[SiH2]=[Zr+2].c1ccc2[cH-]ccc2c1. The predicted octanol–water partition coefficient (Wildman–Crippen LogP) is -0.940. The van der Waals surface area contributed by atoms with E-state index in [1.54, 1.807) is 28.5 Å². The van der Waals surface area contributed by atoms with Crippen LogP contribution in [0.5, 0.6) is 0 Å². The fraction of sp³-hybridized carbons (Fsp3) is 0.182. The molecule has 0 aliphatic heterocycles. The van der Waals surface area contributed by atoms with Gasteiger partial charge < -0.3 is 24.8 Å². The molecule has 0 radical (unpaired) electrons. The summed E-state index contributed by atoms with van der Waals surface area (Å²) < 4.78 is 0.